The van der Waals surface area contributed by atoms with E-state index < -0.39 is 0 Å². The molecule has 0 heterocycles. The first-order valence-electron chi connectivity index (χ1n) is 5.16. The van der Waals surface area contributed by atoms with Crippen LogP contribution in [0.4, 0.5) is 0 Å². The van der Waals surface area contributed by atoms with Gasteiger partial charge in [0.05, 0.1) is 5.56 Å². The molecule has 0 unspecified atom stereocenters. The van der Waals surface area contributed by atoms with E-state index in [9.17, 15) is 9.90 Å². The molecule has 0 aliphatic heterocycles. The van der Waals surface area contributed by atoms with Gasteiger partial charge in [-0.3, -0.25) is 4.79 Å². The quantitative estimate of drug-likeness (QED) is 0.597. The highest BCUT2D eigenvalue weighted by Gasteiger charge is 2.09. The molecule has 0 bridgehead atoms. The standard InChI is InChI=1S/C13H15NO2/c1-3-4-5-8-14-13(16)11-7-6-10(2)9-12(11)15/h1,6-7,9,15H,4-5,8H2,2H3,(H,14,16). The number of phenolic OH excluding ortho intramolecular Hbond substituents is 1. The third-order valence-electron chi connectivity index (χ3n) is 2.18. The normalized spacial score (nSPS) is 9.50. The molecule has 0 fully saturated rings. The topological polar surface area (TPSA) is 49.3 Å². The van der Waals surface area contributed by atoms with E-state index in [0.29, 0.717) is 18.5 Å². The SMILES string of the molecule is C#CCCCNC(=O)c1ccc(C)cc1O. The minimum atomic E-state index is -0.269. The molecule has 0 saturated heterocycles. The number of hydrogen-bond acceptors (Lipinski definition) is 2. The van der Waals surface area contributed by atoms with Crippen molar-refractivity contribution in [2.24, 2.45) is 0 Å². The van der Waals surface area contributed by atoms with Gasteiger partial charge in [0.1, 0.15) is 5.75 Å². The highest BCUT2D eigenvalue weighted by molar-refractivity contribution is 5.96. The van der Waals surface area contributed by atoms with E-state index in [1.165, 1.54) is 0 Å². The number of rotatable bonds is 4. The van der Waals surface area contributed by atoms with Crippen LogP contribution in [-0.4, -0.2) is 17.6 Å². The van der Waals surface area contributed by atoms with Crippen molar-refractivity contribution in [1.82, 2.24) is 5.32 Å². The summed E-state index contributed by atoms with van der Waals surface area (Å²) in [5.74, 6) is 2.24. The van der Waals surface area contributed by atoms with Crippen molar-refractivity contribution < 1.29 is 9.90 Å². The van der Waals surface area contributed by atoms with Crippen LogP contribution in [0.15, 0.2) is 18.2 Å². The van der Waals surface area contributed by atoms with Crippen LogP contribution < -0.4 is 5.32 Å². The lowest BCUT2D eigenvalue weighted by molar-refractivity contribution is 0.0950. The molecule has 84 valence electrons. The summed E-state index contributed by atoms with van der Waals surface area (Å²) in [5.41, 5.74) is 1.22. The van der Waals surface area contributed by atoms with E-state index in [0.717, 1.165) is 12.0 Å². The molecule has 0 radical (unpaired) electrons. The lowest BCUT2D eigenvalue weighted by atomic mass is 10.1. The zero-order valence-corrected chi connectivity index (χ0v) is 9.29. The first kappa shape index (κ1) is 12.1. The number of carbonyl (C=O) groups excluding carboxylic acids is 1. The van der Waals surface area contributed by atoms with Crippen LogP contribution in [0, 0.1) is 19.3 Å². The number of aromatic hydroxyl groups is 1. The molecule has 16 heavy (non-hydrogen) atoms. The molecule has 3 nitrogen and oxygen atoms in total. The maximum Gasteiger partial charge on any atom is 0.255 e. The lowest BCUT2D eigenvalue weighted by Gasteiger charge is -2.06. The van der Waals surface area contributed by atoms with Crippen molar-refractivity contribution >= 4 is 5.91 Å². The van der Waals surface area contributed by atoms with Gasteiger partial charge in [-0.05, 0) is 31.0 Å². The molecule has 0 aromatic heterocycles. The second kappa shape index (κ2) is 5.82. The number of unbranched alkanes of at least 4 members (excludes halogenated alkanes) is 1. The van der Waals surface area contributed by atoms with Gasteiger partial charge in [-0.15, -0.1) is 12.3 Å². The Balaban J connectivity index is 2.57. The van der Waals surface area contributed by atoms with Gasteiger partial charge in [0.25, 0.3) is 5.91 Å². The minimum Gasteiger partial charge on any atom is -0.507 e. The Morgan fingerprint density at radius 1 is 1.56 bits per heavy atom. The molecule has 1 amide bonds. The molecule has 0 saturated carbocycles. The number of nitrogens with one attached hydrogen (secondary N) is 1. The van der Waals surface area contributed by atoms with Crippen LogP contribution in [0.5, 0.6) is 5.75 Å². The Morgan fingerprint density at radius 2 is 2.31 bits per heavy atom. The largest absolute Gasteiger partial charge is 0.507 e. The minimum absolute atomic E-state index is 0.00875. The molecule has 0 spiro atoms. The third-order valence-corrected chi connectivity index (χ3v) is 2.18. The Bertz CT molecular complexity index is 418. The van der Waals surface area contributed by atoms with E-state index in [1.807, 2.05) is 6.92 Å². The molecule has 2 N–H and O–H groups in total. The zero-order chi connectivity index (χ0) is 12.0. The average Bonchev–Trinajstić information content (AvgIpc) is 2.24. The molecule has 0 aliphatic rings. The van der Waals surface area contributed by atoms with Crippen molar-refractivity contribution in [3.05, 3.63) is 29.3 Å². The summed E-state index contributed by atoms with van der Waals surface area (Å²) < 4.78 is 0. The van der Waals surface area contributed by atoms with Gasteiger partial charge in [-0.2, -0.15) is 0 Å². The van der Waals surface area contributed by atoms with Crippen LogP contribution in [-0.2, 0) is 0 Å². The van der Waals surface area contributed by atoms with Crippen LogP contribution >= 0.6 is 0 Å². The average molecular weight is 217 g/mol. The second-order valence-electron chi connectivity index (χ2n) is 3.58. The number of carbonyl (C=O) groups is 1. The number of phenols is 1. The highest BCUT2D eigenvalue weighted by Crippen LogP contribution is 2.17. The first-order chi connectivity index (χ1) is 7.65. The molecule has 3 heteroatoms. The van der Waals surface area contributed by atoms with E-state index >= 15 is 0 Å². The van der Waals surface area contributed by atoms with E-state index in [4.69, 9.17) is 6.42 Å². The second-order valence-corrected chi connectivity index (χ2v) is 3.58. The van der Waals surface area contributed by atoms with Gasteiger partial charge >= 0.3 is 0 Å². The van der Waals surface area contributed by atoms with Gasteiger partial charge in [-0.25, -0.2) is 0 Å². The van der Waals surface area contributed by atoms with Crippen molar-refractivity contribution in [1.29, 1.82) is 0 Å². The van der Waals surface area contributed by atoms with Gasteiger partial charge < -0.3 is 10.4 Å². The molecule has 1 aromatic carbocycles. The summed E-state index contributed by atoms with van der Waals surface area (Å²) in [7, 11) is 0. The molecule has 1 aromatic rings. The van der Waals surface area contributed by atoms with E-state index in [-0.39, 0.29) is 11.7 Å². The maximum atomic E-state index is 11.6. The van der Waals surface area contributed by atoms with Crippen LogP contribution in [0.2, 0.25) is 0 Å². The maximum absolute atomic E-state index is 11.6. The molecule has 1 rings (SSSR count). The monoisotopic (exact) mass is 217 g/mol. The van der Waals surface area contributed by atoms with Gasteiger partial charge in [0, 0.05) is 13.0 Å². The smallest absolute Gasteiger partial charge is 0.255 e. The highest BCUT2D eigenvalue weighted by atomic mass is 16.3. The molecule has 0 aliphatic carbocycles. The van der Waals surface area contributed by atoms with Crippen molar-refractivity contribution in [2.75, 3.05) is 6.54 Å². The van der Waals surface area contributed by atoms with Gasteiger partial charge in [0.2, 0.25) is 0 Å². The Morgan fingerprint density at radius 3 is 2.94 bits per heavy atom. The molecular formula is C13H15NO2. The Kier molecular flexibility index (Phi) is 4.41. The lowest BCUT2D eigenvalue weighted by Crippen LogP contribution is -2.24. The predicted molar refractivity (Wildman–Crippen MR) is 63.2 cm³/mol. The van der Waals surface area contributed by atoms with Gasteiger partial charge in [-0.1, -0.05) is 6.07 Å². The van der Waals surface area contributed by atoms with Crippen molar-refractivity contribution in [3.63, 3.8) is 0 Å². The zero-order valence-electron chi connectivity index (χ0n) is 9.29. The summed E-state index contributed by atoms with van der Waals surface area (Å²) in [6.45, 7) is 2.38. The summed E-state index contributed by atoms with van der Waals surface area (Å²) in [6.07, 6.45) is 6.48. The third kappa shape index (κ3) is 3.32. The molecular weight excluding hydrogens is 202 g/mol. The molecule has 0 atom stereocenters. The fraction of sp³-hybridized carbons (Fsp3) is 0.308. The number of aryl methyl sites for hydroxylation is 1. The van der Waals surface area contributed by atoms with E-state index in [1.54, 1.807) is 18.2 Å². The summed E-state index contributed by atoms with van der Waals surface area (Å²) in [6, 6.07) is 4.97. The van der Waals surface area contributed by atoms with E-state index in [2.05, 4.69) is 11.2 Å². The fourth-order valence-corrected chi connectivity index (χ4v) is 1.32. The number of hydrogen-bond donors (Lipinski definition) is 2. The predicted octanol–water partition coefficient (Wildman–Crippen LogP) is 1.84. The van der Waals surface area contributed by atoms with Crippen molar-refractivity contribution in [3.8, 4) is 18.1 Å². The number of terminal acetylenes is 1. The Hall–Kier alpha value is -1.95. The van der Waals surface area contributed by atoms with Gasteiger partial charge in [0.15, 0.2) is 0 Å². The van der Waals surface area contributed by atoms with Crippen LogP contribution in [0.1, 0.15) is 28.8 Å². The van der Waals surface area contributed by atoms with Crippen molar-refractivity contribution in [2.45, 2.75) is 19.8 Å². The summed E-state index contributed by atoms with van der Waals surface area (Å²) in [4.78, 5) is 11.6. The van der Waals surface area contributed by atoms with Crippen LogP contribution in [0.25, 0.3) is 0 Å². The number of benzene rings is 1. The summed E-state index contributed by atoms with van der Waals surface area (Å²) >= 11 is 0. The van der Waals surface area contributed by atoms with Crippen LogP contribution in [0.3, 0.4) is 0 Å². The number of amides is 1. The Labute approximate surface area is 95.5 Å². The first-order valence-corrected chi connectivity index (χ1v) is 5.16. The fourth-order valence-electron chi connectivity index (χ4n) is 1.32. The summed E-state index contributed by atoms with van der Waals surface area (Å²) in [5, 5.41) is 12.3.